The molecule has 0 unspecified atom stereocenters. The zero-order valence-electron chi connectivity index (χ0n) is 14.5. The molecule has 0 spiro atoms. The van der Waals surface area contributed by atoms with E-state index in [1.165, 1.54) is 12.1 Å². The van der Waals surface area contributed by atoms with Crippen molar-refractivity contribution in [3.63, 3.8) is 0 Å². The molecular weight excluding hydrogens is 356 g/mol. The summed E-state index contributed by atoms with van der Waals surface area (Å²) in [5, 5.41) is 2.76. The van der Waals surface area contributed by atoms with Crippen LogP contribution in [0, 0.1) is 0 Å². The number of fused-ring (bicyclic) bond motifs is 1. The number of para-hydroxylation sites is 1. The summed E-state index contributed by atoms with van der Waals surface area (Å²) in [7, 11) is -3.90. The minimum atomic E-state index is -3.90. The highest BCUT2D eigenvalue weighted by molar-refractivity contribution is 7.92. The van der Waals surface area contributed by atoms with Crippen LogP contribution < -0.4 is 19.5 Å². The topological polar surface area (TPSA) is 93.7 Å². The summed E-state index contributed by atoms with van der Waals surface area (Å²) in [4.78, 5) is 12.3. The van der Waals surface area contributed by atoms with Crippen molar-refractivity contribution in [3.05, 3.63) is 48.0 Å². The average Bonchev–Trinajstić information content (AvgIpc) is 2.61. The van der Waals surface area contributed by atoms with Gasteiger partial charge in [0, 0.05) is 12.1 Å². The third-order valence-electron chi connectivity index (χ3n) is 3.66. The van der Waals surface area contributed by atoms with Gasteiger partial charge in [-0.25, -0.2) is 8.42 Å². The minimum Gasteiger partial charge on any atom is -0.486 e. The smallest absolute Gasteiger partial charge is 0.262 e. The summed E-state index contributed by atoms with van der Waals surface area (Å²) in [6.07, 6.45) is 0. The van der Waals surface area contributed by atoms with Crippen LogP contribution in [-0.2, 0) is 10.0 Å². The van der Waals surface area contributed by atoms with E-state index in [9.17, 15) is 13.2 Å². The van der Waals surface area contributed by atoms with E-state index < -0.39 is 10.0 Å². The van der Waals surface area contributed by atoms with Crippen LogP contribution in [0.1, 0.15) is 24.2 Å². The van der Waals surface area contributed by atoms with Crippen molar-refractivity contribution in [2.45, 2.75) is 24.8 Å². The first-order chi connectivity index (χ1) is 12.4. The van der Waals surface area contributed by atoms with Crippen LogP contribution in [0.5, 0.6) is 11.5 Å². The first kappa shape index (κ1) is 18.1. The Bertz CT molecular complexity index is 925. The van der Waals surface area contributed by atoms with Gasteiger partial charge in [-0.15, -0.1) is 0 Å². The van der Waals surface area contributed by atoms with E-state index in [1.807, 2.05) is 13.8 Å². The van der Waals surface area contributed by atoms with Gasteiger partial charge in [0.2, 0.25) is 0 Å². The predicted octanol–water partition coefficient (Wildman–Crippen LogP) is 2.40. The fourth-order valence-electron chi connectivity index (χ4n) is 2.50. The lowest BCUT2D eigenvalue weighted by Crippen LogP contribution is -2.31. The quantitative estimate of drug-likeness (QED) is 0.836. The van der Waals surface area contributed by atoms with Crippen LogP contribution in [0.2, 0.25) is 0 Å². The largest absolute Gasteiger partial charge is 0.486 e. The third kappa shape index (κ3) is 3.91. The van der Waals surface area contributed by atoms with E-state index in [-0.39, 0.29) is 28.1 Å². The van der Waals surface area contributed by atoms with E-state index in [0.29, 0.717) is 24.7 Å². The Morgan fingerprint density at radius 1 is 1.04 bits per heavy atom. The van der Waals surface area contributed by atoms with Gasteiger partial charge in [-0.1, -0.05) is 12.1 Å². The molecule has 2 N–H and O–H groups in total. The molecule has 138 valence electrons. The van der Waals surface area contributed by atoms with Gasteiger partial charge in [0.25, 0.3) is 15.9 Å². The van der Waals surface area contributed by atoms with Crippen molar-refractivity contribution in [3.8, 4) is 11.5 Å². The number of ether oxygens (including phenoxy) is 2. The molecule has 3 rings (SSSR count). The molecule has 2 aromatic carbocycles. The first-order valence-corrected chi connectivity index (χ1v) is 9.67. The molecule has 0 radical (unpaired) electrons. The maximum Gasteiger partial charge on any atom is 0.262 e. The Morgan fingerprint density at radius 3 is 2.46 bits per heavy atom. The summed E-state index contributed by atoms with van der Waals surface area (Å²) in [6, 6.07) is 10.8. The van der Waals surface area contributed by atoms with Gasteiger partial charge in [0.1, 0.15) is 13.2 Å². The molecule has 0 saturated carbocycles. The SMILES string of the molecule is CC(C)NC(=O)c1ccccc1NS(=O)(=O)c1ccc2c(c1)OCCO2. The highest BCUT2D eigenvalue weighted by atomic mass is 32.2. The van der Waals surface area contributed by atoms with Crippen LogP contribution in [0.4, 0.5) is 5.69 Å². The van der Waals surface area contributed by atoms with Crippen molar-refractivity contribution in [2.75, 3.05) is 17.9 Å². The lowest BCUT2D eigenvalue weighted by molar-refractivity contribution is 0.0944. The van der Waals surface area contributed by atoms with Gasteiger partial charge in [-0.05, 0) is 38.1 Å². The molecule has 1 aliphatic rings. The summed E-state index contributed by atoms with van der Waals surface area (Å²) < 4.78 is 38.8. The zero-order valence-corrected chi connectivity index (χ0v) is 15.3. The standard InChI is InChI=1S/C18H20N2O5S/c1-12(2)19-18(21)14-5-3-4-6-15(14)20-26(22,23)13-7-8-16-17(11-13)25-10-9-24-16/h3-8,11-12,20H,9-10H2,1-2H3,(H,19,21). The van der Waals surface area contributed by atoms with Gasteiger partial charge >= 0.3 is 0 Å². The average molecular weight is 376 g/mol. The molecule has 7 nitrogen and oxygen atoms in total. The summed E-state index contributed by atoms with van der Waals surface area (Å²) in [5.74, 6) is 0.539. The van der Waals surface area contributed by atoms with Gasteiger partial charge in [-0.2, -0.15) is 0 Å². The lowest BCUT2D eigenvalue weighted by Gasteiger charge is -2.19. The van der Waals surface area contributed by atoms with E-state index in [0.717, 1.165) is 0 Å². The highest BCUT2D eigenvalue weighted by Gasteiger charge is 2.21. The number of carbonyl (C=O) groups is 1. The van der Waals surface area contributed by atoms with E-state index in [1.54, 1.807) is 30.3 Å². The molecule has 1 aliphatic heterocycles. The minimum absolute atomic E-state index is 0.0285. The van der Waals surface area contributed by atoms with E-state index in [2.05, 4.69) is 10.0 Å². The Kier molecular flexibility index (Phi) is 5.03. The van der Waals surface area contributed by atoms with Crippen molar-refractivity contribution in [2.24, 2.45) is 0 Å². The molecule has 0 bridgehead atoms. The number of amides is 1. The molecule has 2 aromatic rings. The monoisotopic (exact) mass is 376 g/mol. The van der Waals surface area contributed by atoms with Crippen LogP contribution in [0.15, 0.2) is 47.4 Å². The summed E-state index contributed by atoms with van der Waals surface area (Å²) in [5.41, 5.74) is 0.461. The molecule has 0 aliphatic carbocycles. The fourth-order valence-corrected chi connectivity index (χ4v) is 3.60. The number of anilines is 1. The lowest BCUT2D eigenvalue weighted by atomic mass is 10.1. The van der Waals surface area contributed by atoms with E-state index >= 15 is 0 Å². The third-order valence-corrected chi connectivity index (χ3v) is 5.02. The Morgan fingerprint density at radius 2 is 1.73 bits per heavy atom. The number of carbonyl (C=O) groups excluding carboxylic acids is 1. The summed E-state index contributed by atoms with van der Waals surface area (Å²) >= 11 is 0. The second kappa shape index (κ2) is 7.25. The molecule has 0 aromatic heterocycles. The highest BCUT2D eigenvalue weighted by Crippen LogP contribution is 2.33. The van der Waals surface area contributed by atoms with Crippen molar-refractivity contribution < 1.29 is 22.7 Å². The molecule has 0 atom stereocenters. The van der Waals surface area contributed by atoms with Crippen LogP contribution in [-0.4, -0.2) is 33.6 Å². The molecule has 26 heavy (non-hydrogen) atoms. The number of benzene rings is 2. The molecule has 1 heterocycles. The van der Waals surface area contributed by atoms with Gasteiger partial charge < -0.3 is 14.8 Å². The second-order valence-electron chi connectivity index (χ2n) is 6.08. The normalized spacial score (nSPS) is 13.3. The van der Waals surface area contributed by atoms with Crippen molar-refractivity contribution in [1.82, 2.24) is 5.32 Å². The Hall–Kier alpha value is -2.74. The maximum absolute atomic E-state index is 12.7. The molecule has 0 fully saturated rings. The fraction of sp³-hybridized carbons (Fsp3) is 0.278. The predicted molar refractivity (Wildman–Crippen MR) is 97.3 cm³/mol. The number of nitrogens with one attached hydrogen (secondary N) is 2. The first-order valence-electron chi connectivity index (χ1n) is 8.19. The van der Waals surface area contributed by atoms with Crippen LogP contribution in [0.25, 0.3) is 0 Å². The van der Waals surface area contributed by atoms with Gasteiger partial charge in [0.15, 0.2) is 11.5 Å². The molecule has 0 saturated heterocycles. The molecule has 1 amide bonds. The number of hydrogen-bond donors (Lipinski definition) is 2. The summed E-state index contributed by atoms with van der Waals surface area (Å²) in [6.45, 7) is 4.46. The van der Waals surface area contributed by atoms with Crippen LogP contribution >= 0.6 is 0 Å². The van der Waals surface area contributed by atoms with Crippen molar-refractivity contribution in [1.29, 1.82) is 0 Å². The molecular formula is C18H20N2O5S. The Balaban J connectivity index is 1.90. The number of hydrogen-bond acceptors (Lipinski definition) is 5. The number of sulfonamides is 1. The molecule has 8 heteroatoms. The van der Waals surface area contributed by atoms with Gasteiger partial charge in [-0.3, -0.25) is 9.52 Å². The maximum atomic E-state index is 12.7. The van der Waals surface area contributed by atoms with E-state index in [4.69, 9.17) is 9.47 Å². The van der Waals surface area contributed by atoms with Crippen LogP contribution in [0.3, 0.4) is 0 Å². The number of rotatable bonds is 5. The van der Waals surface area contributed by atoms with Crippen molar-refractivity contribution >= 4 is 21.6 Å². The Labute approximate surface area is 152 Å². The van der Waals surface area contributed by atoms with Gasteiger partial charge in [0.05, 0.1) is 16.1 Å². The second-order valence-corrected chi connectivity index (χ2v) is 7.77. The zero-order chi connectivity index (χ0) is 18.7.